The molecule has 3 aromatic rings. The minimum atomic E-state index is -4.88. The van der Waals surface area contributed by atoms with E-state index in [2.05, 4.69) is 10.6 Å². The van der Waals surface area contributed by atoms with E-state index in [-0.39, 0.29) is 37.6 Å². The molecule has 36 heavy (non-hydrogen) atoms. The van der Waals surface area contributed by atoms with Crippen LogP contribution in [0, 0.1) is 5.41 Å². The minimum Gasteiger partial charge on any atom is -0.478 e. The lowest BCUT2D eigenvalue weighted by molar-refractivity contribution is -0.0584. The third kappa shape index (κ3) is 6.37. The number of carbonyl (C=O) groups excluding carboxylic acids is 1. The van der Waals surface area contributed by atoms with Crippen molar-refractivity contribution in [3.8, 4) is 0 Å². The number of nitrogens with one attached hydrogen (secondary N) is 3. The van der Waals surface area contributed by atoms with E-state index in [0.29, 0.717) is 11.8 Å². The first kappa shape index (κ1) is 27.1. The van der Waals surface area contributed by atoms with E-state index in [4.69, 9.17) is 40.2 Å². The summed E-state index contributed by atoms with van der Waals surface area (Å²) in [5, 5.41) is 22.0. The highest BCUT2D eigenvalue weighted by atomic mass is 35.5. The van der Waals surface area contributed by atoms with Crippen LogP contribution < -0.4 is 10.6 Å². The number of aromatic carboxylic acids is 1. The Morgan fingerprint density at radius 1 is 0.833 bits per heavy atom. The molecular formula is C24H15Cl3F3N3O3. The predicted octanol–water partition coefficient (Wildman–Crippen LogP) is 7.63. The average Bonchev–Trinajstić information content (AvgIpc) is 2.81. The molecule has 3 rings (SSSR count). The minimum absolute atomic E-state index is 0.0501. The van der Waals surface area contributed by atoms with Crippen LogP contribution in [0.4, 0.5) is 24.5 Å². The number of hydrogen-bond donors (Lipinski definition) is 4. The van der Waals surface area contributed by atoms with Crippen LogP contribution >= 0.6 is 34.8 Å². The molecular weight excluding hydrogens is 542 g/mol. The molecule has 6 nitrogen and oxygen atoms in total. The Labute approximate surface area is 217 Å². The van der Waals surface area contributed by atoms with Gasteiger partial charge in [-0.1, -0.05) is 59.1 Å². The first-order valence-corrected chi connectivity index (χ1v) is 11.0. The molecule has 0 radical (unpaired) electrons. The molecule has 0 aliphatic heterocycles. The molecule has 186 valence electrons. The number of carbonyl (C=O) groups is 2. The number of halogens is 6. The van der Waals surface area contributed by atoms with Gasteiger partial charge in [0, 0.05) is 11.3 Å². The number of para-hydroxylation sites is 1. The fourth-order valence-corrected chi connectivity index (χ4v) is 3.62. The van der Waals surface area contributed by atoms with Crippen molar-refractivity contribution in [2.24, 2.45) is 0 Å². The molecule has 0 bridgehead atoms. The van der Waals surface area contributed by atoms with Gasteiger partial charge in [-0.15, -0.1) is 0 Å². The summed E-state index contributed by atoms with van der Waals surface area (Å²) in [5.74, 6) is -2.14. The molecule has 12 heteroatoms. The highest BCUT2D eigenvalue weighted by Crippen LogP contribution is 2.33. The molecule has 0 heterocycles. The Kier molecular flexibility index (Phi) is 8.29. The summed E-state index contributed by atoms with van der Waals surface area (Å²) in [5.41, 5.74) is -1.72. The number of amides is 1. The zero-order chi connectivity index (χ0) is 26.6. The second kappa shape index (κ2) is 11.0. The Morgan fingerprint density at radius 2 is 1.42 bits per heavy atom. The molecule has 0 saturated carbocycles. The van der Waals surface area contributed by atoms with Crippen molar-refractivity contribution in [3.63, 3.8) is 0 Å². The number of alkyl halides is 3. The van der Waals surface area contributed by atoms with Gasteiger partial charge in [0.25, 0.3) is 5.91 Å². The van der Waals surface area contributed by atoms with Gasteiger partial charge in [0.2, 0.25) is 0 Å². The van der Waals surface area contributed by atoms with Crippen LogP contribution in [-0.4, -0.2) is 28.9 Å². The van der Waals surface area contributed by atoms with Crippen molar-refractivity contribution >= 4 is 69.5 Å². The van der Waals surface area contributed by atoms with E-state index < -0.39 is 29.3 Å². The quantitative estimate of drug-likeness (QED) is 0.225. The number of carboxylic acids is 1. The Balaban J connectivity index is 1.94. The first-order valence-electron chi connectivity index (χ1n) is 9.90. The van der Waals surface area contributed by atoms with Gasteiger partial charge in [-0.2, -0.15) is 13.2 Å². The smallest absolute Gasteiger partial charge is 0.432 e. The lowest BCUT2D eigenvalue weighted by atomic mass is 10.1. The van der Waals surface area contributed by atoms with Crippen LogP contribution in [0.25, 0.3) is 5.70 Å². The Bertz CT molecular complexity index is 1370. The van der Waals surface area contributed by atoms with Crippen molar-refractivity contribution < 1.29 is 27.9 Å². The zero-order valence-corrected chi connectivity index (χ0v) is 20.2. The number of carboxylic acid groups (broad SMARTS) is 1. The summed E-state index contributed by atoms with van der Waals surface area (Å²) in [6.07, 6.45) is -4.28. The second-order valence-electron chi connectivity index (χ2n) is 7.19. The maximum Gasteiger partial charge on any atom is 0.432 e. The molecule has 1 amide bonds. The predicted molar refractivity (Wildman–Crippen MR) is 135 cm³/mol. The topological polar surface area (TPSA) is 102 Å². The highest BCUT2D eigenvalue weighted by molar-refractivity contribution is 6.39. The van der Waals surface area contributed by atoms with Gasteiger partial charge in [0.15, 0.2) is 0 Å². The van der Waals surface area contributed by atoms with Crippen LogP contribution in [0.5, 0.6) is 0 Å². The second-order valence-corrected chi connectivity index (χ2v) is 8.41. The molecule has 3 aromatic carbocycles. The third-order valence-electron chi connectivity index (χ3n) is 4.75. The average molecular weight is 557 g/mol. The van der Waals surface area contributed by atoms with Crippen LogP contribution in [0.1, 0.15) is 26.3 Å². The fraction of sp³-hybridized carbons (Fsp3) is 0.0417. The monoisotopic (exact) mass is 555 g/mol. The largest absolute Gasteiger partial charge is 0.478 e. The van der Waals surface area contributed by atoms with Crippen molar-refractivity contribution in [2.75, 3.05) is 10.6 Å². The van der Waals surface area contributed by atoms with E-state index in [0.717, 1.165) is 0 Å². The first-order chi connectivity index (χ1) is 16.9. The molecule has 0 aromatic heterocycles. The number of hydrogen-bond acceptors (Lipinski definition) is 4. The van der Waals surface area contributed by atoms with Gasteiger partial charge in [-0.3, -0.25) is 10.2 Å². The van der Waals surface area contributed by atoms with Crippen LogP contribution in [0.3, 0.4) is 0 Å². The lowest BCUT2D eigenvalue weighted by Crippen LogP contribution is -2.20. The van der Waals surface area contributed by atoms with Gasteiger partial charge in [-0.05, 0) is 48.0 Å². The van der Waals surface area contributed by atoms with Gasteiger partial charge < -0.3 is 15.7 Å². The fourth-order valence-electron chi connectivity index (χ4n) is 3.00. The normalized spacial score (nSPS) is 11.7. The zero-order valence-electron chi connectivity index (χ0n) is 17.9. The van der Waals surface area contributed by atoms with E-state index in [1.165, 1.54) is 42.5 Å². The lowest BCUT2D eigenvalue weighted by Gasteiger charge is -2.15. The van der Waals surface area contributed by atoms with Crippen LogP contribution in [0.15, 0.2) is 66.7 Å². The molecule has 0 aliphatic rings. The van der Waals surface area contributed by atoms with Gasteiger partial charge in [0.05, 0.1) is 26.4 Å². The van der Waals surface area contributed by atoms with Gasteiger partial charge >= 0.3 is 12.1 Å². The highest BCUT2D eigenvalue weighted by Gasteiger charge is 2.33. The summed E-state index contributed by atoms with van der Waals surface area (Å²) in [6, 6.07) is 14.3. The maximum atomic E-state index is 13.0. The van der Waals surface area contributed by atoms with Crippen molar-refractivity contribution in [1.29, 1.82) is 5.41 Å². The number of allylic oxidation sites excluding steroid dienone is 1. The molecule has 0 atom stereocenters. The van der Waals surface area contributed by atoms with E-state index in [1.54, 1.807) is 18.2 Å². The molecule has 0 unspecified atom stereocenters. The number of rotatable bonds is 7. The Morgan fingerprint density at radius 3 is 2.00 bits per heavy atom. The van der Waals surface area contributed by atoms with E-state index in [1.807, 2.05) is 0 Å². The summed E-state index contributed by atoms with van der Waals surface area (Å²) in [7, 11) is 0. The van der Waals surface area contributed by atoms with Crippen molar-refractivity contribution in [3.05, 3.63) is 98.5 Å². The van der Waals surface area contributed by atoms with Crippen LogP contribution in [0.2, 0.25) is 15.1 Å². The van der Waals surface area contributed by atoms with E-state index >= 15 is 0 Å². The van der Waals surface area contributed by atoms with E-state index in [9.17, 15) is 27.9 Å². The summed E-state index contributed by atoms with van der Waals surface area (Å²) in [4.78, 5) is 24.3. The molecule has 0 fully saturated rings. The summed E-state index contributed by atoms with van der Waals surface area (Å²) < 4.78 is 39.1. The molecule has 4 N–H and O–H groups in total. The summed E-state index contributed by atoms with van der Waals surface area (Å²) >= 11 is 18.1. The maximum absolute atomic E-state index is 13.0. The molecule has 0 spiro atoms. The van der Waals surface area contributed by atoms with Crippen molar-refractivity contribution in [1.82, 2.24) is 0 Å². The Hall–Kier alpha value is -3.53. The number of benzene rings is 3. The van der Waals surface area contributed by atoms with Crippen molar-refractivity contribution in [2.45, 2.75) is 6.18 Å². The summed E-state index contributed by atoms with van der Waals surface area (Å²) in [6.45, 7) is 0. The molecule has 0 aliphatic carbocycles. The van der Waals surface area contributed by atoms with Gasteiger partial charge in [-0.25, -0.2) is 4.79 Å². The third-order valence-corrected chi connectivity index (χ3v) is 5.71. The molecule has 0 saturated heterocycles. The number of anilines is 2. The SMILES string of the molecule is N=C(/C=C(\Nc1ccccc1Cl)c1ccc(C(=O)Nc2c(Cl)ccc(Cl)c2C(=O)O)cc1)C(F)(F)F. The van der Waals surface area contributed by atoms with Gasteiger partial charge in [0.1, 0.15) is 11.3 Å². The standard InChI is InChI=1S/C24H15Cl3F3N3O3/c25-14-3-1-2-4-17(14)32-18(11-19(31)24(28,29)30)12-5-7-13(8-6-12)22(34)33-21-16(27)10-9-15(26)20(21)23(35)36/h1-11,31-32H,(H,33,34)(H,35,36)/b18-11-,31-19?. The van der Waals surface area contributed by atoms with Crippen LogP contribution in [-0.2, 0) is 0 Å².